The molecule has 1 N–H and O–H groups in total. The van der Waals surface area contributed by atoms with Gasteiger partial charge in [-0.1, -0.05) is 0 Å². The lowest BCUT2D eigenvalue weighted by Crippen LogP contribution is -2.26. The van der Waals surface area contributed by atoms with Gasteiger partial charge in [0.25, 0.3) is 15.8 Å². The van der Waals surface area contributed by atoms with Gasteiger partial charge in [0.05, 0.1) is 11.5 Å². The van der Waals surface area contributed by atoms with Crippen molar-refractivity contribution in [3.63, 3.8) is 0 Å². The van der Waals surface area contributed by atoms with Gasteiger partial charge in [-0.25, -0.2) is 17.2 Å². The molecule has 27 heavy (non-hydrogen) atoms. The number of alkyl halides is 5. The van der Waals surface area contributed by atoms with E-state index >= 15 is 0 Å². The van der Waals surface area contributed by atoms with Crippen LogP contribution in [0, 0.1) is 0 Å². The number of ether oxygens (including phenoxy) is 2. The minimum Gasteiger partial charge on any atom is -0.490 e. The van der Waals surface area contributed by atoms with Crippen LogP contribution >= 0.6 is 0 Å². The first kappa shape index (κ1) is 20.3. The summed E-state index contributed by atoms with van der Waals surface area (Å²) in [4.78, 5) is -1.37. The highest BCUT2D eigenvalue weighted by Crippen LogP contribution is 2.50. The number of hydrogen-bond donors (Lipinski definition) is 1. The number of fused-ring (bicyclic) bond motifs is 1. The van der Waals surface area contributed by atoms with Crippen molar-refractivity contribution >= 4 is 9.84 Å². The second-order valence-electron chi connectivity index (χ2n) is 6.53. The highest BCUT2D eigenvalue weighted by molar-refractivity contribution is 7.92. The number of halogens is 5. The van der Waals surface area contributed by atoms with Crippen molar-refractivity contribution in [3.05, 3.63) is 23.3 Å². The van der Waals surface area contributed by atoms with Crippen LogP contribution in [0.4, 0.5) is 22.0 Å². The van der Waals surface area contributed by atoms with E-state index in [1.165, 1.54) is 0 Å². The molecule has 11 heteroatoms. The average Bonchev–Trinajstić information content (AvgIpc) is 2.72. The van der Waals surface area contributed by atoms with Crippen LogP contribution in [-0.4, -0.2) is 44.3 Å². The van der Waals surface area contributed by atoms with E-state index < -0.39 is 55.9 Å². The fourth-order valence-electron chi connectivity index (χ4n) is 3.29. The summed E-state index contributed by atoms with van der Waals surface area (Å²) in [5.74, 6) is -3.95. The highest BCUT2D eigenvalue weighted by Gasteiger charge is 2.55. The molecule has 0 radical (unpaired) electrons. The van der Waals surface area contributed by atoms with Crippen LogP contribution in [0.5, 0.6) is 5.75 Å². The molecule has 1 heterocycles. The first-order valence-electron chi connectivity index (χ1n) is 8.22. The molecule has 3 rings (SSSR count). The summed E-state index contributed by atoms with van der Waals surface area (Å²) < 4.78 is 101. The Labute approximate surface area is 152 Å². The van der Waals surface area contributed by atoms with Crippen LogP contribution in [0.25, 0.3) is 0 Å². The Kier molecular flexibility index (Phi) is 5.15. The number of benzene rings is 1. The molecule has 1 aromatic carbocycles. The summed E-state index contributed by atoms with van der Waals surface area (Å²) in [7, 11) is -5.91. The van der Waals surface area contributed by atoms with Gasteiger partial charge in [0, 0.05) is 30.6 Å². The molecule has 0 spiro atoms. The minimum absolute atomic E-state index is 0.144. The standard InChI is InChI=1S/C16H17F5O5S/c17-15(18)8-10-11(26-9-2-1-6-25-7-5-9)3-4-12(13(10)14(15)22)27(23,24)16(19,20)21/h3-4,9,14,22H,1-2,5-8H2/t9-,14+/m1/s1. The Morgan fingerprint density at radius 3 is 2.56 bits per heavy atom. The van der Waals surface area contributed by atoms with Gasteiger partial charge in [-0.15, -0.1) is 0 Å². The van der Waals surface area contributed by atoms with E-state index in [4.69, 9.17) is 9.47 Å². The number of aliphatic hydroxyl groups is 1. The van der Waals surface area contributed by atoms with E-state index in [1.807, 2.05) is 0 Å². The maximum Gasteiger partial charge on any atom is 0.501 e. The van der Waals surface area contributed by atoms with E-state index in [-0.39, 0.29) is 5.75 Å². The van der Waals surface area contributed by atoms with Gasteiger partial charge in [-0.2, -0.15) is 13.2 Å². The van der Waals surface area contributed by atoms with Crippen molar-refractivity contribution in [1.82, 2.24) is 0 Å². The number of sulfone groups is 1. The predicted octanol–water partition coefficient (Wildman–Crippen LogP) is 3.15. The summed E-state index contributed by atoms with van der Waals surface area (Å²) in [6.07, 6.45) is -2.52. The third-order valence-corrected chi connectivity index (χ3v) is 6.19. The summed E-state index contributed by atoms with van der Waals surface area (Å²) in [6, 6.07) is 1.51. The first-order valence-corrected chi connectivity index (χ1v) is 9.71. The van der Waals surface area contributed by atoms with Crippen molar-refractivity contribution in [2.24, 2.45) is 0 Å². The second kappa shape index (κ2) is 6.85. The van der Waals surface area contributed by atoms with Gasteiger partial charge < -0.3 is 14.6 Å². The van der Waals surface area contributed by atoms with Crippen molar-refractivity contribution in [3.8, 4) is 5.75 Å². The van der Waals surface area contributed by atoms with Crippen LogP contribution < -0.4 is 4.74 Å². The van der Waals surface area contributed by atoms with Crippen molar-refractivity contribution in [2.45, 2.75) is 54.2 Å². The van der Waals surface area contributed by atoms with Crippen LogP contribution in [0.15, 0.2) is 17.0 Å². The van der Waals surface area contributed by atoms with Gasteiger partial charge in [0.15, 0.2) is 0 Å². The summed E-state index contributed by atoms with van der Waals surface area (Å²) >= 11 is 0. The monoisotopic (exact) mass is 416 g/mol. The molecular formula is C16H17F5O5S. The van der Waals surface area contributed by atoms with E-state index in [1.54, 1.807) is 0 Å². The molecule has 1 aliphatic carbocycles. The second-order valence-corrected chi connectivity index (χ2v) is 8.44. The lowest BCUT2D eigenvalue weighted by molar-refractivity contribution is -0.0978. The molecule has 5 nitrogen and oxygen atoms in total. The van der Waals surface area contributed by atoms with Gasteiger partial charge in [-0.05, 0) is 25.0 Å². The van der Waals surface area contributed by atoms with E-state index in [0.717, 1.165) is 6.07 Å². The lowest BCUT2D eigenvalue weighted by atomic mass is 10.1. The topological polar surface area (TPSA) is 72.8 Å². The van der Waals surface area contributed by atoms with E-state index in [0.29, 0.717) is 38.5 Å². The summed E-state index contributed by atoms with van der Waals surface area (Å²) in [6.45, 7) is 0.893. The molecule has 2 atom stereocenters. The summed E-state index contributed by atoms with van der Waals surface area (Å²) in [5.41, 5.74) is -7.04. The zero-order valence-corrected chi connectivity index (χ0v) is 14.7. The molecule has 0 saturated carbocycles. The van der Waals surface area contributed by atoms with Gasteiger partial charge in [0.2, 0.25) is 0 Å². The number of hydrogen-bond acceptors (Lipinski definition) is 5. The van der Waals surface area contributed by atoms with Crippen molar-refractivity contribution < 1.29 is 45.0 Å². The molecule has 1 aliphatic heterocycles. The zero-order chi connectivity index (χ0) is 20.0. The Morgan fingerprint density at radius 1 is 1.19 bits per heavy atom. The van der Waals surface area contributed by atoms with Crippen LogP contribution in [0.1, 0.15) is 36.5 Å². The van der Waals surface area contributed by atoms with Crippen LogP contribution in [0.2, 0.25) is 0 Å². The van der Waals surface area contributed by atoms with Gasteiger partial charge in [0.1, 0.15) is 18.0 Å². The highest BCUT2D eigenvalue weighted by atomic mass is 32.2. The Hall–Kier alpha value is -1.46. The molecular weight excluding hydrogens is 399 g/mol. The molecule has 1 aromatic rings. The molecule has 0 aromatic heterocycles. The number of aliphatic hydroxyl groups excluding tert-OH is 1. The van der Waals surface area contributed by atoms with Crippen molar-refractivity contribution in [1.29, 1.82) is 0 Å². The fraction of sp³-hybridized carbons (Fsp3) is 0.625. The largest absolute Gasteiger partial charge is 0.501 e. The molecule has 152 valence electrons. The molecule has 0 amide bonds. The zero-order valence-electron chi connectivity index (χ0n) is 13.9. The Morgan fingerprint density at radius 2 is 1.89 bits per heavy atom. The maximum atomic E-state index is 14.0. The van der Waals surface area contributed by atoms with Gasteiger partial charge >= 0.3 is 5.51 Å². The van der Waals surface area contributed by atoms with Crippen LogP contribution in [-0.2, 0) is 21.0 Å². The van der Waals surface area contributed by atoms with Crippen molar-refractivity contribution in [2.75, 3.05) is 13.2 Å². The molecule has 2 aliphatic rings. The predicted molar refractivity (Wildman–Crippen MR) is 82.4 cm³/mol. The maximum absolute atomic E-state index is 14.0. The summed E-state index contributed by atoms with van der Waals surface area (Å²) in [5, 5.41) is 9.84. The minimum atomic E-state index is -5.91. The molecule has 1 fully saturated rings. The first-order chi connectivity index (χ1) is 12.4. The van der Waals surface area contributed by atoms with Crippen LogP contribution in [0.3, 0.4) is 0 Å². The Bertz CT molecular complexity index is 813. The number of rotatable bonds is 3. The molecule has 1 saturated heterocycles. The third kappa shape index (κ3) is 3.64. The quantitative estimate of drug-likeness (QED) is 0.767. The van der Waals surface area contributed by atoms with E-state index in [2.05, 4.69) is 0 Å². The Balaban J connectivity index is 2.07. The fourth-order valence-corrected chi connectivity index (χ4v) is 4.31. The average molecular weight is 416 g/mol. The lowest BCUT2D eigenvalue weighted by Gasteiger charge is -2.20. The smallest absolute Gasteiger partial charge is 0.490 e. The third-order valence-electron chi connectivity index (χ3n) is 4.65. The molecule has 0 bridgehead atoms. The van der Waals surface area contributed by atoms with Gasteiger partial charge in [-0.3, -0.25) is 0 Å². The normalized spacial score (nSPS) is 25.7. The van der Waals surface area contributed by atoms with E-state index in [9.17, 15) is 35.5 Å². The SMILES string of the molecule is O=S(=O)(c1ccc(O[C@@H]2CCCOCC2)c2c1[C@H](O)C(F)(F)C2)C(F)(F)F. The molecule has 0 unspecified atom stereocenters.